The quantitative estimate of drug-likeness (QED) is 0.486. The first-order chi connectivity index (χ1) is 10.9. The molecule has 0 aliphatic heterocycles. The Morgan fingerprint density at radius 2 is 2.04 bits per heavy atom. The number of benzene rings is 2. The predicted octanol–water partition coefficient (Wildman–Crippen LogP) is 4.87. The molecule has 0 saturated heterocycles. The molecule has 2 aromatic carbocycles. The number of aromatic hydroxyl groups is 1. The van der Waals surface area contributed by atoms with E-state index in [2.05, 4.69) is 18.8 Å². The lowest BCUT2D eigenvalue weighted by molar-refractivity contribution is -0.385. The average molecular weight is 312 g/mol. The SMILES string of the molecule is CC[C@H](C)c1ccccc1N=Cc1cc(C)cc([N+](=O)[O-])c1O. The predicted molar refractivity (Wildman–Crippen MR) is 91.9 cm³/mol. The highest BCUT2D eigenvalue weighted by Gasteiger charge is 2.17. The fourth-order valence-electron chi connectivity index (χ4n) is 2.41. The molecule has 0 heterocycles. The van der Waals surface area contributed by atoms with E-state index in [1.807, 2.05) is 24.3 Å². The molecule has 0 amide bonds. The van der Waals surface area contributed by atoms with Crippen LogP contribution in [0.5, 0.6) is 5.75 Å². The lowest BCUT2D eigenvalue weighted by atomic mass is 9.97. The molecule has 0 fully saturated rings. The molecule has 2 aromatic rings. The van der Waals surface area contributed by atoms with Crippen molar-refractivity contribution in [3.63, 3.8) is 0 Å². The van der Waals surface area contributed by atoms with Crippen molar-refractivity contribution in [3.8, 4) is 5.75 Å². The molecule has 23 heavy (non-hydrogen) atoms. The van der Waals surface area contributed by atoms with Gasteiger partial charge in [0.2, 0.25) is 5.75 Å². The van der Waals surface area contributed by atoms with E-state index in [0.717, 1.165) is 17.7 Å². The summed E-state index contributed by atoms with van der Waals surface area (Å²) in [5.74, 6) is 0.00848. The van der Waals surface area contributed by atoms with E-state index in [9.17, 15) is 15.2 Å². The normalized spacial score (nSPS) is 12.5. The van der Waals surface area contributed by atoms with Crippen LogP contribution in [0, 0.1) is 17.0 Å². The van der Waals surface area contributed by atoms with Gasteiger partial charge < -0.3 is 5.11 Å². The van der Waals surface area contributed by atoms with Crippen LogP contribution >= 0.6 is 0 Å². The van der Waals surface area contributed by atoms with Crippen LogP contribution in [0.4, 0.5) is 11.4 Å². The van der Waals surface area contributed by atoms with Crippen molar-refractivity contribution in [2.75, 3.05) is 0 Å². The summed E-state index contributed by atoms with van der Waals surface area (Å²) >= 11 is 0. The number of phenols is 1. The van der Waals surface area contributed by atoms with Gasteiger partial charge in [-0.3, -0.25) is 15.1 Å². The summed E-state index contributed by atoms with van der Waals surface area (Å²) in [6, 6.07) is 10.8. The summed E-state index contributed by atoms with van der Waals surface area (Å²) in [5, 5.41) is 21.0. The molecule has 120 valence electrons. The molecule has 0 bridgehead atoms. The molecule has 0 aliphatic rings. The van der Waals surface area contributed by atoms with Gasteiger partial charge in [0.1, 0.15) is 0 Å². The third-order valence-corrected chi connectivity index (χ3v) is 3.88. The Bertz CT molecular complexity index is 754. The largest absolute Gasteiger partial charge is 0.502 e. The number of hydrogen-bond donors (Lipinski definition) is 1. The zero-order valence-corrected chi connectivity index (χ0v) is 13.5. The highest BCUT2D eigenvalue weighted by atomic mass is 16.6. The summed E-state index contributed by atoms with van der Waals surface area (Å²) in [6.07, 6.45) is 2.48. The Kier molecular flexibility index (Phi) is 5.11. The van der Waals surface area contributed by atoms with Crippen molar-refractivity contribution in [1.82, 2.24) is 0 Å². The fraction of sp³-hybridized carbons (Fsp3) is 0.278. The Morgan fingerprint density at radius 1 is 1.35 bits per heavy atom. The number of hydrogen-bond acceptors (Lipinski definition) is 4. The minimum atomic E-state index is -0.590. The molecule has 0 spiro atoms. The minimum Gasteiger partial charge on any atom is -0.502 e. The maximum Gasteiger partial charge on any atom is 0.311 e. The number of nitrogens with zero attached hydrogens (tertiary/aromatic N) is 2. The second kappa shape index (κ2) is 7.05. The highest BCUT2D eigenvalue weighted by molar-refractivity contribution is 5.88. The van der Waals surface area contributed by atoms with Gasteiger partial charge in [0.25, 0.3) is 0 Å². The smallest absolute Gasteiger partial charge is 0.311 e. The van der Waals surface area contributed by atoms with Crippen LogP contribution in [-0.4, -0.2) is 16.2 Å². The maximum atomic E-state index is 11.0. The molecular weight excluding hydrogens is 292 g/mol. The van der Waals surface area contributed by atoms with E-state index in [1.165, 1.54) is 12.3 Å². The second-order valence-electron chi connectivity index (χ2n) is 5.61. The summed E-state index contributed by atoms with van der Waals surface area (Å²) in [7, 11) is 0. The molecule has 0 radical (unpaired) electrons. The Morgan fingerprint density at radius 3 is 2.70 bits per heavy atom. The van der Waals surface area contributed by atoms with Crippen LogP contribution in [0.3, 0.4) is 0 Å². The number of aliphatic imine (C=N–C) groups is 1. The summed E-state index contributed by atoms with van der Waals surface area (Å²) in [5.41, 5.74) is 2.67. The molecule has 1 N–H and O–H groups in total. The molecule has 1 atom stereocenters. The third kappa shape index (κ3) is 3.74. The molecule has 2 rings (SSSR count). The van der Waals surface area contributed by atoms with Gasteiger partial charge >= 0.3 is 5.69 Å². The van der Waals surface area contributed by atoms with Crippen molar-refractivity contribution in [1.29, 1.82) is 0 Å². The number of phenolic OH excluding ortho intramolecular Hbond substituents is 1. The highest BCUT2D eigenvalue weighted by Crippen LogP contribution is 2.32. The summed E-state index contributed by atoms with van der Waals surface area (Å²) in [6.45, 7) is 5.99. The first-order valence-corrected chi connectivity index (χ1v) is 7.55. The lowest BCUT2D eigenvalue weighted by Crippen LogP contribution is -1.94. The lowest BCUT2D eigenvalue weighted by Gasteiger charge is -2.11. The zero-order chi connectivity index (χ0) is 17.0. The van der Waals surface area contributed by atoms with Crippen LogP contribution < -0.4 is 0 Å². The Hall–Kier alpha value is -2.69. The molecule has 0 saturated carbocycles. The summed E-state index contributed by atoms with van der Waals surface area (Å²) in [4.78, 5) is 14.8. The molecule has 5 heteroatoms. The number of nitro groups is 1. The first kappa shape index (κ1) is 16.7. The molecule has 0 aliphatic carbocycles. The number of nitro benzene ring substituents is 1. The van der Waals surface area contributed by atoms with Crippen LogP contribution in [0.25, 0.3) is 0 Å². The van der Waals surface area contributed by atoms with Gasteiger partial charge in [0.15, 0.2) is 0 Å². The van der Waals surface area contributed by atoms with Gasteiger partial charge in [-0.15, -0.1) is 0 Å². The maximum absolute atomic E-state index is 11.0. The molecule has 5 nitrogen and oxygen atoms in total. The third-order valence-electron chi connectivity index (χ3n) is 3.88. The van der Waals surface area contributed by atoms with E-state index in [0.29, 0.717) is 17.0 Å². The number of para-hydroxylation sites is 1. The van der Waals surface area contributed by atoms with Crippen molar-refractivity contribution in [3.05, 3.63) is 63.2 Å². The second-order valence-corrected chi connectivity index (χ2v) is 5.61. The van der Waals surface area contributed by atoms with Crippen molar-refractivity contribution >= 4 is 17.6 Å². The first-order valence-electron chi connectivity index (χ1n) is 7.55. The van der Waals surface area contributed by atoms with E-state index in [4.69, 9.17) is 0 Å². The molecule has 0 aromatic heterocycles. The van der Waals surface area contributed by atoms with E-state index >= 15 is 0 Å². The van der Waals surface area contributed by atoms with Gasteiger partial charge in [-0.05, 0) is 42.5 Å². The van der Waals surface area contributed by atoms with Gasteiger partial charge in [-0.1, -0.05) is 32.0 Å². The molecule has 0 unspecified atom stereocenters. The minimum absolute atomic E-state index is 0.304. The van der Waals surface area contributed by atoms with Crippen molar-refractivity contribution in [2.24, 2.45) is 4.99 Å². The van der Waals surface area contributed by atoms with Crippen LogP contribution in [0.15, 0.2) is 41.4 Å². The van der Waals surface area contributed by atoms with Gasteiger partial charge in [0.05, 0.1) is 10.6 Å². The zero-order valence-electron chi connectivity index (χ0n) is 13.5. The van der Waals surface area contributed by atoms with Gasteiger partial charge in [-0.25, -0.2) is 0 Å². The topological polar surface area (TPSA) is 75.7 Å². The van der Waals surface area contributed by atoms with E-state index in [1.54, 1.807) is 13.0 Å². The molecular formula is C18H20N2O3. The Balaban J connectivity index is 2.44. The van der Waals surface area contributed by atoms with E-state index in [-0.39, 0.29) is 11.4 Å². The van der Waals surface area contributed by atoms with E-state index < -0.39 is 4.92 Å². The average Bonchev–Trinajstić information content (AvgIpc) is 2.54. The Labute approximate surface area is 135 Å². The number of rotatable bonds is 5. The van der Waals surface area contributed by atoms with Crippen LogP contribution in [-0.2, 0) is 0 Å². The number of aryl methyl sites for hydroxylation is 1. The monoisotopic (exact) mass is 312 g/mol. The van der Waals surface area contributed by atoms with Gasteiger partial charge in [0, 0.05) is 17.8 Å². The fourth-order valence-corrected chi connectivity index (χ4v) is 2.41. The summed E-state index contributed by atoms with van der Waals surface area (Å²) < 4.78 is 0. The van der Waals surface area contributed by atoms with Crippen molar-refractivity contribution in [2.45, 2.75) is 33.1 Å². The van der Waals surface area contributed by atoms with Crippen molar-refractivity contribution < 1.29 is 10.0 Å². The van der Waals surface area contributed by atoms with Crippen LogP contribution in [0.1, 0.15) is 42.9 Å². The van der Waals surface area contributed by atoms with Gasteiger partial charge in [-0.2, -0.15) is 0 Å². The van der Waals surface area contributed by atoms with Crippen LogP contribution in [0.2, 0.25) is 0 Å². The standard InChI is InChI=1S/C18H20N2O3/c1-4-13(3)15-7-5-6-8-16(15)19-11-14-9-12(2)10-17(18(14)21)20(22)23/h5-11,13,21H,4H2,1-3H3/t13-/m0/s1.